The van der Waals surface area contributed by atoms with E-state index in [1.807, 2.05) is 31.2 Å². The summed E-state index contributed by atoms with van der Waals surface area (Å²) in [5, 5.41) is 0. The fourth-order valence-corrected chi connectivity index (χ4v) is 4.11. The van der Waals surface area contributed by atoms with Gasteiger partial charge in [-0.2, -0.15) is 0 Å². The molecule has 2 aliphatic rings. The number of hydrogen-bond acceptors (Lipinski definition) is 7. The highest BCUT2D eigenvalue weighted by Crippen LogP contribution is 2.34. The van der Waals surface area contributed by atoms with Gasteiger partial charge >= 0.3 is 0 Å². The van der Waals surface area contributed by atoms with Crippen LogP contribution in [0, 0.1) is 6.92 Å². The molecule has 0 bridgehead atoms. The monoisotopic (exact) mass is 475 g/mol. The molecule has 2 aliphatic heterocycles. The number of aromatic nitrogens is 1. The van der Waals surface area contributed by atoms with Gasteiger partial charge in [0.1, 0.15) is 24.3 Å². The quantitative estimate of drug-likeness (QED) is 0.483. The third-order valence-electron chi connectivity index (χ3n) is 6.07. The molecule has 5 rings (SSSR count). The summed E-state index contributed by atoms with van der Waals surface area (Å²) in [6, 6.07) is 12.3. The minimum Gasteiger partial charge on any atom is -0.485 e. The number of carbonyl (C=O) groups is 3. The summed E-state index contributed by atoms with van der Waals surface area (Å²) in [6.45, 7) is 3.12. The Morgan fingerprint density at radius 3 is 2.63 bits per heavy atom. The van der Waals surface area contributed by atoms with Crippen molar-refractivity contribution >= 4 is 23.3 Å². The highest BCUT2D eigenvalue weighted by atomic mass is 16.5. The van der Waals surface area contributed by atoms with Gasteiger partial charge in [-0.15, -0.1) is 0 Å². The molecule has 1 fully saturated rings. The first-order valence-electron chi connectivity index (χ1n) is 11.5. The van der Waals surface area contributed by atoms with Gasteiger partial charge in [0, 0.05) is 18.7 Å². The molecule has 35 heavy (non-hydrogen) atoms. The molecule has 0 saturated carbocycles. The van der Waals surface area contributed by atoms with Crippen LogP contribution >= 0.6 is 0 Å². The summed E-state index contributed by atoms with van der Waals surface area (Å²) in [5.74, 6) is 0.594. The highest BCUT2D eigenvalue weighted by molar-refractivity contribution is 6.02. The van der Waals surface area contributed by atoms with Crippen LogP contribution in [-0.4, -0.2) is 53.8 Å². The molecular formula is C26H25N3O6. The van der Waals surface area contributed by atoms with Crippen LogP contribution in [-0.2, 0) is 11.3 Å². The molecule has 3 aromatic rings. The first-order valence-corrected chi connectivity index (χ1v) is 11.5. The molecule has 0 radical (unpaired) electrons. The summed E-state index contributed by atoms with van der Waals surface area (Å²) in [6.07, 6.45) is 3.28. The van der Waals surface area contributed by atoms with Gasteiger partial charge in [-0.05, 0) is 50.1 Å². The Morgan fingerprint density at radius 1 is 1.09 bits per heavy atom. The number of carbonyl (C=O) groups excluding carboxylic acids is 3. The van der Waals surface area contributed by atoms with Crippen LogP contribution in [0.3, 0.4) is 0 Å². The van der Waals surface area contributed by atoms with Crippen molar-refractivity contribution in [3.8, 4) is 11.5 Å². The number of benzene rings is 2. The summed E-state index contributed by atoms with van der Waals surface area (Å²) in [5.41, 5.74) is 2.14. The number of fused-ring (bicyclic) bond motifs is 1. The smallest absolute Gasteiger partial charge is 0.275 e. The van der Waals surface area contributed by atoms with Gasteiger partial charge in [0.25, 0.3) is 11.8 Å². The van der Waals surface area contributed by atoms with Crippen LogP contribution in [0.2, 0.25) is 0 Å². The fourth-order valence-electron chi connectivity index (χ4n) is 4.11. The van der Waals surface area contributed by atoms with Crippen LogP contribution in [0.1, 0.15) is 45.1 Å². The van der Waals surface area contributed by atoms with E-state index >= 15 is 0 Å². The molecule has 2 aromatic carbocycles. The maximum Gasteiger partial charge on any atom is 0.275 e. The summed E-state index contributed by atoms with van der Waals surface area (Å²) in [7, 11) is 0. The van der Waals surface area contributed by atoms with Crippen molar-refractivity contribution in [3.05, 3.63) is 71.4 Å². The van der Waals surface area contributed by atoms with Gasteiger partial charge in [0.2, 0.25) is 5.89 Å². The van der Waals surface area contributed by atoms with Crippen molar-refractivity contribution in [2.24, 2.45) is 0 Å². The summed E-state index contributed by atoms with van der Waals surface area (Å²) < 4.78 is 16.7. The van der Waals surface area contributed by atoms with E-state index in [0.29, 0.717) is 35.8 Å². The molecule has 0 aliphatic carbocycles. The summed E-state index contributed by atoms with van der Waals surface area (Å²) >= 11 is 0. The Kier molecular flexibility index (Phi) is 6.22. The number of ketones is 1. The van der Waals surface area contributed by atoms with Crippen LogP contribution < -0.4 is 14.4 Å². The van der Waals surface area contributed by atoms with Gasteiger partial charge in [0.15, 0.2) is 24.7 Å². The lowest BCUT2D eigenvalue weighted by atomic mass is 10.1. The van der Waals surface area contributed by atoms with Crippen molar-refractivity contribution in [1.29, 1.82) is 0 Å². The lowest BCUT2D eigenvalue weighted by molar-refractivity contribution is -0.121. The second-order valence-electron chi connectivity index (χ2n) is 8.60. The van der Waals surface area contributed by atoms with E-state index in [4.69, 9.17) is 13.9 Å². The minimum atomic E-state index is -0.302. The molecule has 9 nitrogen and oxygen atoms in total. The predicted molar refractivity (Wildman–Crippen MR) is 126 cm³/mol. The van der Waals surface area contributed by atoms with E-state index in [1.165, 1.54) is 11.2 Å². The van der Waals surface area contributed by atoms with Crippen molar-refractivity contribution in [3.63, 3.8) is 0 Å². The number of Topliss-reactive ketones (excluding diaryl/α,β-unsaturated/α-hetero) is 1. The second kappa shape index (κ2) is 9.61. The van der Waals surface area contributed by atoms with E-state index in [9.17, 15) is 14.4 Å². The van der Waals surface area contributed by atoms with Crippen molar-refractivity contribution in [2.75, 3.05) is 31.2 Å². The lowest BCUT2D eigenvalue weighted by Crippen LogP contribution is -2.38. The van der Waals surface area contributed by atoms with Gasteiger partial charge in [-0.1, -0.05) is 17.7 Å². The van der Waals surface area contributed by atoms with E-state index in [2.05, 4.69) is 4.98 Å². The third kappa shape index (κ3) is 4.89. The molecule has 0 N–H and O–H groups in total. The van der Waals surface area contributed by atoms with Gasteiger partial charge in [-0.25, -0.2) is 4.98 Å². The predicted octanol–water partition coefficient (Wildman–Crippen LogP) is 3.41. The molecule has 0 atom stereocenters. The van der Waals surface area contributed by atoms with E-state index in [0.717, 1.165) is 18.4 Å². The first-order chi connectivity index (χ1) is 17.0. The van der Waals surface area contributed by atoms with Gasteiger partial charge in [-0.3, -0.25) is 19.3 Å². The van der Waals surface area contributed by atoms with Gasteiger partial charge < -0.3 is 18.8 Å². The van der Waals surface area contributed by atoms with Crippen molar-refractivity contribution in [1.82, 2.24) is 9.88 Å². The maximum atomic E-state index is 12.8. The first kappa shape index (κ1) is 22.6. The molecule has 0 unspecified atom stereocenters. The van der Waals surface area contributed by atoms with Crippen molar-refractivity contribution in [2.45, 2.75) is 26.3 Å². The number of hydrogen-bond donors (Lipinski definition) is 0. The van der Waals surface area contributed by atoms with E-state index in [1.54, 1.807) is 23.1 Å². The average Bonchev–Trinajstić information content (AvgIpc) is 3.57. The van der Waals surface area contributed by atoms with Crippen LogP contribution in [0.25, 0.3) is 0 Å². The number of aryl methyl sites for hydroxylation is 1. The summed E-state index contributed by atoms with van der Waals surface area (Å²) in [4.78, 5) is 45.5. The number of oxazole rings is 1. The number of ether oxygens (including phenoxy) is 2. The Morgan fingerprint density at radius 2 is 1.86 bits per heavy atom. The van der Waals surface area contributed by atoms with Crippen molar-refractivity contribution < 1.29 is 28.3 Å². The van der Waals surface area contributed by atoms with E-state index in [-0.39, 0.29) is 48.9 Å². The standard InChI is InChI=1S/C26H25N3O6/c1-17-4-7-19(8-5-17)33-15-22(30)18-6-9-23-21(12-18)29(25(31)16-34-23)13-24-27-20(14-35-24)26(32)28-10-2-3-11-28/h4-9,12,14H,2-3,10-11,13,15-16H2,1H3. The third-order valence-corrected chi connectivity index (χ3v) is 6.07. The zero-order valence-corrected chi connectivity index (χ0v) is 19.4. The number of likely N-dealkylation sites (tertiary alicyclic amines) is 1. The SMILES string of the molecule is Cc1ccc(OCC(=O)c2ccc3c(c2)N(Cc2nc(C(=O)N4CCCC4)co2)C(=O)CO3)cc1. The normalized spacial score (nSPS) is 15.1. The second-order valence-corrected chi connectivity index (χ2v) is 8.60. The molecule has 9 heteroatoms. The minimum absolute atomic E-state index is 0.0139. The molecule has 2 amide bonds. The fraction of sp³-hybridized carbons (Fsp3) is 0.308. The maximum absolute atomic E-state index is 12.8. The number of anilines is 1. The van der Waals surface area contributed by atoms with Crippen LogP contribution in [0.15, 0.2) is 53.1 Å². The Hall–Kier alpha value is -4.14. The molecule has 1 aromatic heterocycles. The van der Waals surface area contributed by atoms with Crippen LogP contribution in [0.5, 0.6) is 11.5 Å². The number of nitrogens with zero attached hydrogens (tertiary/aromatic N) is 3. The molecule has 3 heterocycles. The highest BCUT2D eigenvalue weighted by Gasteiger charge is 2.29. The number of amides is 2. The number of rotatable bonds is 7. The largest absolute Gasteiger partial charge is 0.485 e. The van der Waals surface area contributed by atoms with Crippen LogP contribution in [0.4, 0.5) is 5.69 Å². The zero-order chi connectivity index (χ0) is 24.4. The zero-order valence-electron chi connectivity index (χ0n) is 19.4. The molecule has 1 saturated heterocycles. The van der Waals surface area contributed by atoms with Gasteiger partial charge in [0.05, 0.1) is 5.69 Å². The average molecular weight is 476 g/mol. The lowest BCUT2D eigenvalue weighted by Gasteiger charge is -2.28. The Labute approximate surface area is 202 Å². The molecular weight excluding hydrogens is 450 g/mol. The Bertz CT molecular complexity index is 1260. The van der Waals surface area contributed by atoms with E-state index < -0.39 is 0 Å². The topological polar surface area (TPSA) is 102 Å². The molecule has 180 valence electrons. The Balaban J connectivity index is 1.31. The molecule has 0 spiro atoms.